The Hall–Kier alpha value is -2.13. The highest BCUT2D eigenvalue weighted by atomic mass is 15.0. The highest BCUT2D eigenvalue weighted by Gasteiger charge is 2.19. The summed E-state index contributed by atoms with van der Waals surface area (Å²) < 4.78 is 2.26. The number of pyridine rings is 1. The summed E-state index contributed by atoms with van der Waals surface area (Å²) in [5, 5.41) is 4.87. The molecule has 0 atom stereocenters. The van der Waals surface area contributed by atoms with E-state index < -0.39 is 0 Å². The highest BCUT2D eigenvalue weighted by molar-refractivity contribution is 5.81. The van der Waals surface area contributed by atoms with E-state index in [0.717, 1.165) is 24.8 Å². The van der Waals surface area contributed by atoms with E-state index in [0.29, 0.717) is 0 Å². The van der Waals surface area contributed by atoms with E-state index >= 15 is 0 Å². The third-order valence-electron chi connectivity index (χ3n) is 4.07. The van der Waals surface area contributed by atoms with Crippen molar-refractivity contribution in [2.24, 2.45) is 0 Å². The quantitative estimate of drug-likeness (QED) is 0.775. The molecule has 1 aliphatic carbocycles. The normalized spacial score (nSPS) is 14.7. The molecular weight excluding hydrogens is 258 g/mol. The van der Waals surface area contributed by atoms with Crippen molar-refractivity contribution >= 4 is 10.9 Å². The molecule has 1 fully saturated rings. The highest BCUT2D eigenvalue weighted by Crippen LogP contribution is 2.21. The van der Waals surface area contributed by atoms with Gasteiger partial charge in [-0.15, -0.1) is 0 Å². The van der Waals surface area contributed by atoms with E-state index in [1.807, 2.05) is 18.3 Å². The summed E-state index contributed by atoms with van der Waals surface area (Å²) in [6.07, 6.45) is 6.67. The predicted octanol–water partition coefficient (Wildman–Crippen LogP) is 3.34. The van der Waals surface area contributed by atoms with Gasteiger partial charge in [0, 0.05) is 30.5 Å². The smallest absolute Gasteiger partial charge is 0.0648 e. The Labute approximate surface area is 124 Å². The molecule has 1 aromatic carbocycles. The van der Waals surface area contributed by atoms with Crippen LogP contribution in [0.2, 0.25) is 0 Å². The van der Waals surface area contributed by atoms with Crippen molar-refractivity contribution < 1.29 is 0 Å². The Bertz CT molecular complexity index is 742. The van der Waals surface area contributed by atoms with Gasteiger partial charge in [-0.1, -0.05) is 12.1 Å². The zero-order valence-corrected chi connectivity index (χ0v) is 12.0. The van der Waals surface area contributed by atoms with Gasteiger partial charge in [-0.2, -0.15) is 0 Å². The van der Waals surface area contributed by atoms with E-state index in [-0.39, 0.29) is 0 Å². The Morgan fingerprint density at radius 2 is 2.10 bits per heavy atom. The molecule has 21 heavy (non-hydrogen) atoms. The Balaban J connectivity index is 1.56. The van der Waals surface area contributed by atoms with Crippen LogP contribution in [0.25, 0.3) is 10.9 Å². The molecule has 3 nitrogen and oxygen atoms in total. The lowest BCUT2D eigenvalue weighted by atomic mass is 10.1. The second kappa shape index (κ2) is 5.34. The average Bonchev–Trinajstić information content (AvgIpc) is 3.28. The van der Waals surface area contributed by atoms with Crippen LogP contribution in [0.4, 0.5) is 0 Å². The van der Waals surface area contributed by atoms with Gasteiger partial charge < -0.3 is 9.88 Å². The Morgan fingerprint density at radius 1 is 1.14 bits per heavy atom. The van der Waals surface area contributed by atoms with Gasteiger partial charge in [-0.3, -0.25) is 4.98 Å². The third-order valence-corrected chi connectivity index (χ3v) is 4.07. The van der Waals surface area contributed by atoms with Crippen molar-refractivity contribution in [3.63, 3.8) is 0 Å². The van der Waals surface area contributed by atoms with Crippen LogP contribution in [-0.4, -0.2) is 15.6 Å². The van der Waals surface area contributed by atoms with Gasteiger partial charge in [0.05, 0.1) is 12.2 Å². The van der Waals surface area contributed by atoms with E-state index in [2.05, 4.69) is 51.4 Å². The molecular formula is C18H19N3. The minimum absolute atomic E-state index is 0.759. The summed E-state index contributed by atoms with van der Waals surface area (Å²) in [7, 11) is 0. The maximum Gasteiger partial charge on any atom is 0.0648 e. The van der Waals surface area contributed by atoms with Crippen molar-refractivity contribution in [3.8, 4) is 0 Å². The van der Waals surface area contributed by atoms with Crippen LogP contribution in [-0.2, 0) is 13.1 Å². The molecule has 2 aromatic heterocycles. The second-order valence-corrected chi connectivity index (χ2v) is 5.81. The van der Waals surface area contributed by atoms with Gasteiger partial charge in [0.1, 0.15) is 0 Å². The van der Waals surface area contributed by atoms with Crippen molar-refractivity contribution in [2.75, 3.05) is 0 Å². The summed E-state index contributed by atoms with van der Waals surface area (Å²) >= 11 is 0. The van der Waals surface area contributed by atoms with Gasteiger partial charge >= 0.3 is 0 Å². The lowest BCUT2D eigenvalue weighted by molar-refractivity contribution is 0.688. The average molecular weight is 277 g/mol. The molecule has 0 aliphatic heterocycles. The molecule has 0 saturated heterocycles. The zero-order valence-electron chi connectivity index (χ0n) is 12.0. The fourth-order valence-electron chi connectivity index (χ4n) is 2.71. The van der Waals surface area contributed by atoms with Crippen molar-refractivity contribution in [2.45, 2.75) is 32.0 Å². The number of aromatic nitrogens is 2. The second-order valence-electron chi connectivity index (χ2n) is 5.81. The molecule has 1 aliphatic rings. The minimum atomic E-state index is 0.759. The molecule has 3 heteroatoms. The van der Waals surface area contributed by atoms with Crippen LogP contribution in [0.3, 0.4) is 0 Å². The molecule has 2 heterocycles. The third kappa shape index (κ3) is 2.83. The van der Waals surface area contributed by atoms with Crippen LogP contribution in [0.5, 0.6) is 0 Å². The number of hydrogen-bond donors (Lipinski definition) is 1. The van der Waals surface area contributed by atoms with E-state index in [1.54, 1.807) is 0 Å². The first-order valence-electron chi connectivity index (χ1n) is 7.59. The summed E-state index contributed by atoms with van der Waals surface area (Å²) in [6.45, 7) is 1.80. The maximum absolute atomic E-state index is 4.40. The number of benzene rings is 1. The minimum Gasteiger partial charge on any atom is -0.341 e. The van der Waals surface area contributed by atoms with Crippen LogP contribution in [0, 0.1) is 0 Å². The molecule has 106 valence electrons. The summed E-state index contributed by atoms with van der Waals surface area (Å²) in [4.78, 5) is 4.40. The monoisotopic (exact) mass is 277 g/mol. The maximum atomic E-state index is 4.40. The first kappa shape index (κ1) is 12.6. The van der Waals surface area contributed by atoms with Crippen LogP contribution in [0.1, 0.15) is 24.1 Å². The molecule has 4 rings (SSSR count). The lowest BCUT2D eigenvalue weighted by Crippen LogP contribution is -2.15. The zero-order chi connectivity index (χ0) is 14.1. The van der Waals surface area contributed by atoms with Gasteiger partial charge in [0.25, 0.3) is 0 Å². The Kier molecular flexibility index (Phi) is 3.20. The van der Waals surface area contributed by atoms with Crippen LogP contribution >= 0.6 is 0 Å². The standard InChI is InChI=1S/C18H19N3/c1-2-9-19-17(3-1)13-21-10-8-15-11-14(4-7-18(15)21)12-20-16-5-6-16/h1-4,7-11,16,20H,5-6,12-13H2. The summed E-state index contributed by atoms with van der Waals surface area (Å²) in [6, 6.07) is 15.8. The summed E-state index contributed by atoms with van der Waals surface area (Å²) in [5.41, 5.74) is 3.73. The summed E-state index contributed by atoms with van der Waals surface area (Å²) in [5.74, 6) is 0. The molecule has 1 saturated carbocycles. The van der Waals surface area contributed by atoms with Crippen molar-refractivity contribution in [3.05, 3.63) is 66.1 Å². The molecule has 0 unspecified atom stereocenters. The number of fused-ring (bicyclic) bond motifs is 1. The Morgan fingerprint density at radius 3 is 2.90 bits per heavy atom. The lowest BCUT2D eigenvalue weighted by Gasteiger charge is -2.07. The first-order valence-corrected chi connectivity index (χ1v) is 7.59. The first-order chi connectivity index (χ1) is 10.4. The van der Waals surface area contributed by atoms with Crippen molar-refractivity contribution in [1.82, 2.24) is 14.9 Å². The predicted molar refractivity (Wildman–Crippen MR) is 85.1 cm³/mol. The van der Waals surface area contributed by atoms with Crippen LogP contribution in [0.15, 0.2) is 54.9 Å². The van der Waals surface area contributed by atoms with Gasteiger partial charge in [0.2, 0.25) is 0 Å². The van der Waals surface area contributed by atoms with Gasteiger partial charge in [-0.05, 0) is 54.1 Å². The molecule has 0 bridgehead atoms. The largest absolute Gasteiger partial charge is 0.341 e. The molecule has 3 aromatic rings. The fourth-order valence-corrected chi connectivity index (χ4v) is 2.71. The number of nitrogens with one attached hydrogen (secondary N) is 1. The topological polar surface area (TPSA) is 29.9 Å². The van der Waals surface area contributed by atoms with Crippen LogP contribution < -0.4 is 5.32 Å². The van der Waals surface area contributed by atoms with Crippen molar-refractivity contribution in [1.29, 1.82) is 0 Å². The van der Waals surface area contributed by atoms with E-state index in [9.17, 15) is 0 Å². The van der Waals surface area contributed by atoms with E-state index in [4.69, 9.17) is 0 Å². The molecule has 0 amide bonds. The molecule has 1 N–H and O–H groups in total. The van der Waals surface area contributed by atoms with E-state index in [1.165, 1.54) is 29.3 Å². The number of nitrogens with zero attached hydrogens (tertiary/aromatic N) is 2. The number of hydrogen-bond acceptors (Lipinski definition) is 2. The SMILES string of the molecule is c1ccc(Cn2ccc3cc(CNC4CC4)ccc32)nc1. The number of rotatable bonds is 5. The fraction of sp³-hybridized carbons (Fsp3) is 0.278. The van der Waals surface area contributed by atoms with Gasteiger partial charge in [0.15, 0.2) is 0 Å². The molecule has 0 spiro atoms. The van der Waals surface area contributed by atoms with Gasteiger partial charge in [-0.25, -0.2) is 0 Å². The molecule has 0 radical (unpaired) electrons.